The summed E-state index contributed by atoms with van der Waals surface area (Å²) in [7, 11) is 0.691. The predicted octanol–water partition coefficient (Wildman–Crippen LogP) is 5.90. The third kappa shape index (κ3) is 4.00. The fourth-order valence-corrected chi connectivity index (χ4v) is 3.37. The van der Waals surface area contributed by atoms with Gasteiger partial charge in [0.15, 0.2) is 0 Å². The van der Waals surface area contributed by atoms with Gasteiger partial charge in [0.2, 0.25) is 0 Å². The summed E-state index contributed by atoms with van der Waals surface area (Å²) in [4.78, 5) is 0. The Kier molecular flexibility index (Phi) is 5.27. The maximum Gasteiger partial charge on any atom is 0.569 e. The van der Waals surface area contributed by atoms with Crippen molar-refractivity contribution < 1.29 is 9.68 Å². The molecule has 0 aromatic heterocycles. The van der Waals surface area contributed by atoms with Crippen LogP contribution in [0.2, 0.25) is 0 Å². The molecule has 2 nitrogen and oxygen atoms in total. The van der Waals surface area contributed by atoms with Crippen molar-refractivity contribution in [3.63, 3.8) is 0 Å². The van der Waals surface area contributed by atoms with Gasteiger partial charge in [0.05, 0.1) is 0 Å². The van der Waals surface area contributed by atoms with Gasteiger partial charge in [0.25, 0.3) is 0 Å². The zero-order chi connectivity index (χ0) is 19.3. The predicted molar refractivity (Wildman–Crippen MR) is 116 cm³/mol. The van der Waals surface area contributed by atoms with Gasteiger partial charge < -0.3 is 9.68 Å². The molecule has 0 saturated heterocycles. The molecule has 0 bridgehead atoms. The minimum atomic E-state index is 0.605. The Morgan fingerprint density at radius 1 is 0.571 bits per heavy atom. The number of aryl methyl sites for hydroxylation is 1. The summed E-state index contributed by atoms with van der Waals surface area (Å²) in [6, 6.07) is 33.4. The summed E-state index contributed by atoms with van der Waals surface area (Å²) < 4.78 is 4.98. The van der Waals surface area contributed by atoms with Crippen molar-refractivity contribution in [2.45, 2.75) is 6.92 Å². The Morgan fingerprint density at radius 2 is 1.04 bits per heavy atom. The molecule has 0 saturated carbocycles. The van der Waals surface area contributed by atoms with Crippen LogP contribution in [0.1, 0.15) is 5.56 Å². The highest BCUT2D eigenvalue weighted by Crippen LogP contribution is 2.30. The molecule has 0 aliphatic rings. The second-order valence-electron chi connectivity index (χ2n) is 6.78. The van der Waals surface area contributed by atoms with Crippen LogP contribution in [-0.4, -0.2) is 12.7 Å². The summed E-state index contributed by atoms with van der Waals surface area (Å²) in [6.45, 7) is 2.12. The molecule has 1 radical (unpaired) electrons. The average Bonchev–Trinajstić information content (AvgIpc) is 2.75. The largest absolute Gasteiger partial charge is 0.569 e. The molecule has 28 heavy (non-hydrogen) atoms. The first-order chi connectivity index (χ1) is 13.7. The smallest absolute Gasteiger partial charge is 0.537 e. The number of rotatable bonds is 5. The lowest BCUT2D eigenvalue weighted by Crippen LogP contribution is -1.99. The van der Waals surface area contributed by atoms with E-state index >= 15 is 0 Å². The normalized spacial score (nSPS) is 10.5. The molecule has 0 aliphatic heterocycles. The zero-order valence-electron chi connectivity index (χ0n) is 15.7. The standard InChI is InChI=1S/C25H20BO2/c1-18-5-2-6-20(15-18)22-8-4-10-24(17-22)23-9-3-7-21(16-23)19-11-13-25(14-12-19)28-26-27/h2-17,27H,1H3. The second-order valence-corrected chi connectivity index (χ2v) is 6.78. The fraction of sp³-hybridized carbons (Fsp3) is 0.0400. The lowest BCUT2D eigenvalue weighted by atomic mass is 9.96. The van der Waals surface area contributed by atoms with Gasteiger partial charge in [0, 0.05) is 0 Å². The zero-order valence-corrected chi connectivity index (χ0v) is 15.7. The average molecular weight is 363 g/mol. The molecule has 3 heteroatoms. The molecule has 4 aromatic rings. The topological polar surface area (TPSA) is 29.5 Å². The van der Waals surface area contributed by atoms with E-state index in [1.807, 2.05) is 24.3 Å². The van der Waals surface area contributed by atoms with Crippen molar-refractivity contribution in [2.75, 3.05) is 0 Å². The van der Waals surface area contributed by atoms with E-state index in [4.69, 9.17) is 9.68 Å². The van der Waals surface area contributed by atoms with Gasteiger partial charge in [-0.3, -0.25) is 0 Å². The molecule has 4 rings (SSSR count). The van der Waals surface area contributed by atoms with Crippen LogP contribution in [0, 0.1) is 6.92 Å². The van der Waals surface area contributed by atoms with Gasteiger partial charge in [-0.2, -0.15) is 0 Å². The minimum Gasteiger partial charge on any atom is -0.537 e. The van der Waals surface area contributed by atoms with Crippen LogP contribution in [0.4, 0.5) is 0 Å². The van der Waals surface area contributed by atoms with Crippen LogP contribution >= 0.6 is 0 Å². The minimum absolute atomic E-state index is 0.605. The SMILES string of the molecule is Cc1cccc(-c2cccc(-c3cccc(-c4ccc(O[B]O)cc4)c3)c2)c1. The van der Waals surface area contributed by atoms with E-state index in [1.54, 1.807) is 0 Å². The molecular weight excluding hydrogens is 343 g/mol. The van der Waals surface area contributed by atoms with Crippen LogP contribution in [0.5, 0.6) is 5.75 Å². The van der Waals surface area contributed by atoms with Crippen LogP contribution < -0.4 is 4.65 Å². The Balaban J connectivity index is 1.67. The lowest BCUT2D eigenvalue weighted by molar-refractivity contribution is 0.454. The maximum absolute atomic E-state index is 8.74. The summed E-state index contributed by atoms with van der Waals surface area (Å²) >= 11 is 0. The molecule has 0 heterocycles. The van der Waals surface area contributed by atoms with Gasteiger partial charge in [-0.05, 0) is 64.6 Å². The van der Waals surface area contributed by atoms with Gasteiger partial charge in [-0.25, -0.2) is 0 Å². The molecular formula is C25H20BO2. The van der Waals surface area contributed by atoms with Crippen LogP contribution in [-0.2, 0) is 0 Å². The number of benzene rings is 4. The fourth-order valence-electron chi connectivity index (χ4n) is 3.37. The van der Waals surface area contributed by atoms with E-state index in [0.717, 1.165) is 11.1 Å². The van der Waals surface area contributed by atoms with E-state index < -0.39 is 0 Å². The lowest BCUT2D eigenvalue weighted by Gasteiger charge is -2.09. The molecule has 0 unspecified atom stereocenters. The van der Waals surface area contributed by atoms with Gasteiger partial charge in [-0.1, -0.05) is 78.4 Å². The van der Waals surface area contributed by atoms with E-state index in [0.29, 0.717) is 13.4 Å². The van der Waals surface area contributed by atoms with E-state index in [1.165, 1.54) is 27.8 Å². The van der Waals surface area contributed by atoms with Crippen molar-refractivity contribution in [1.29, 1.82) is 0 Å². The van der Waals surface area contributed by atoms with Gasteiger partial charge in [-0.15, -0.1) is 0 Å². The Labute approximate surface area is 166 Å². The van der Waals surface area contributed by atoms with E-state index in [2.05, 4.69) is 79.7 Å². The van der Waals surface area contributed by atoms with Gasteiger partial charge >= 0.3 is 7.69 Å². The monoisotopic (exact) mass is 363 g/mol. The molecule has 0 fully saturated rings. The van der Waals surface area contributed by atoms with Crippen molar-refractivity contribution in [1.82, 2.24) is 0 Å². The Bertz CT molecular complexity index is 1090. The first-order valence-electron chi connectivity index (χ1n) is 9.23. The Morgan fingerprint density at radius 3 is 1.54 bits per heavy atom. The van der Waals surface area contributed by atoms with Crippen LogP contribution in [0.25, 0.3) is 33.4 Å². The number of hydrogen-bond donors (Lipinski definition) is 1. The molecule has 0 atom stereocenters. The summed E-state index contributed by atoms with van der Waals surface area (Å²) in [5, 5.41) is 8.74. The van der Waals surface area contributed by atoms with Crippen molar-refractivity contribution in [3.8, 4) is 39.1 Å². The molecule has 0 amide bonds. The first-order valence-corrected chi connectivity index (χ1v) is 9.23. The highest BCUT2D eigenvalue weighted by atomic mass is 16.5. The quantitative estimate of drug-likeness (QED) is 0.447. The molecule has 0 spiro atoms. The third-order valence-electron chi connectivity index (χ3n) is 4.79. The van der Waals surface area contributed by atoms with E-state index in [9.17, 15) is 0 Å². The molecule has 1 N–H and O–H groups in total. The molecule has 135 valence electrons. The highest BCUT2D eigenvalue weighted by Gasteiger charge is 2.05. The number of hydrogen-bond acceptors (Lipinski definition) is 2. The second kappa shape index (κ2) is 8.16. The van der Waals surface area contributed by atoms with Crippen LogP contribution in [0.3, 0.4) is 0 Å². The summed E-state index contributed by atoms with van der Waals surface area (Å²) in [5.74, 6) is 0.605. The van der Waals surface area contributed by atoms with Crippen LogP contribution in [0.15, 0.2) is 97.1 Å². The summed E-state index contributed by atoms with van der Waals surface area (Å²) in [6.07, 6.45) is 0. The molecule has 0 aliphatic carbocycles. The first kappa shape index (κ1) is 18.1. The highest BCUT2D eigenvalue weighted by molar-refractivity contribution is 6.17. The summed E-state index contributed by atoms with van der Waals surface area (Å²) in [5.41, 5.74) is 8.31. The van der Waals surface area contributed by atoms with Crippen molar-refractivity contribution in [2.24, 2.45) is 0 Å². The van der Waals surface area contributed by atoms with Crippen molar-refractivity contribution in [3.05, 3.63) is 103 Å². The van der Waals surface area contributed by atoms with E-state index in [-0.39, 0.29) is 0 Å². The van der Waals surface area contributed by atoms with Crippen molar-refractivity contribution >= 4 is 7.69 Å². The third-order valence-corrected chi connectivity index (χ3v) is 4.79. The Hall–Kier alpha value is -3.30. The molecule has 4 aromatic carbocycles. The van der Waals surface area contributed by atoms with Gasteiger partial charge in [0.1, 0.15) is 5.75 Å². The maximum atomic E-state index is 8.74.